The third-order valence-electron chi connectivity index (χ3n) is 2.55. The summed E-state index contributed by atoms with van der Waals surface area (Å²) in [7, 11) is 1.51. The van der Waals surface area contributed by atoms with Crippen LogP contribution >= 0.6 is 0 Å². The van der Waals surface area contributed by atoms with Crippen LogP contribution in [0.4, 0.5) is 0 Å². The van der Waals surface area contributed by atoms with E-state index in [1.165, 1.54) is 7.11 Å². The zero-order valence-corrected chi connectivity index (χ0v) is 11.3. The lowest BCUT2D eigenvalue weighted by molar-refractivity contribution is -0.311. The van der Waals surface area contributed by atoms with Gasteiger partial charge in [-0.1, -0.05) is 18.2 Å². The molecule has 0 aliphatic carbocycles. The van der Waals surface area contributed by atoms with Crippen molar-refractivity contribution in [1.29, 1.82) is 0 Å². The Labute approximate surface area is 116 Å². The summed E-state index contributed by atoms with van der Waals surface area (Å²) in [5.41, 5.74) is 1.18. The number of carbonyl (C=O) groups is 2. The molecule has 0 spiro atoms. The Morgan fingerprint density at radius 3 is 2.35 bits per heavy atom. The second-order valence-corrected chi connectivity index (χ2v) is 4.34. The fourth-order valence-electron chi connectivity index (χ4n) is 1.72. The summed E-state index contributed by atoms with van der Waals surface area (Å²) in [5, 5.41) is 21.4. The van der Waals surface area contributed by atoms with Crippen LogP contribution in [0.2, 0.25) is 0 Å². The van der Waals surface area contributed by atoms with Gasteiger partial charge in [0, 0.05) is 5.57 Å². The van der Waals surface area contributed by atoms with Gasteiger partial charge in [-0.3, -0.25) is 0 Å². The number of allylic oxidation sites excluding steroid dienone is 1. The minimum atomic E-state index is -1.79. The lowest BCUT2D eigenvalue weighted by Crippen LogP contribution is -2.36. The topological polar surface area (TPSA) is 89.5 Å². The molecule has 0 atom stereocenters. The maximum absolute atomic E-state index is 10.7. The van der Waals surface area contributed by atoms with Crippen LogP contribution < -0.4 is 14.9 Å². The molecule has 0 fully saturated rings. The van der Waals surface area contributed by atoms with E-state index in [0.717, 1.165) is 17.2 Å². The molecule has 0 saturated carbocycles. The molecule has 0 radical (unpaired) electrons. The maximum Gasteiger partial charge on any atom is 0.122 e. The second-order valence-electron chi connectivity index (χ2n) is 4.34. The normalized spacial score (nSPS) is 9.70. The number of hydrogen-bond donors (Lipinski definition) is 0. The molecule has 1 aromatic rings. The molecule has 1 rings (SSSR count). The molecule has 5 heteroatoms. The van der Waals surface area contributed by atoms with Crippen LogP contribution in [0.5, 0.6) is 5.75 Å². The highest BCUT2D eigenvalue weighted by Gasteiger charge is 2.06. The maximum atomic E-state index is 10.7. The van der Waals surface area contributed by atoms with Crippen LogP contribution in [-0.4, -0.2) is 19.0 Å². The Morgan fingerprint density at radius 1 is 1.30 bits per heavy atom. The molecule has 0 amide bonds. The number of hydrogen-bond acceptors (Lipinski definition) is 5. The van der Waals surface area contributed by atoms with E-state index in [1.807, 2.05) is 6.92 Å². The summed E-state index contributed by atoms with van der Waals surface area (Å²) in [5.74, 6) is -2.96. The average molecular weight is 274 g/mol. The number of ether oxygens (including phenoxy) is 1. The van der Waals surface area contributed by atoms with Crippen molar-refractivity contribution in [2.45, 2.75) is 13.3 Å². The van der Waals surface area contributed by atoms with E-state index < -0.39 is 17.5 Å². The molecular weight excluding hydrogens is 260 g/mol. The molecule has 5 nitrogen and oxygen atoms in total. The smallest absolute Gasteiger partial charge is 0.122 e. The SMILES string of the molecule is C=C(C)Cc1cc(C=C(C(=O)[O-])C(=O)[O-])ccc1OC. The quantitative estimate of drug-likeness (QED) is 0.307. The van der Waals surface area contributed by atoms with Gasteiger partial charge >= 0.3 is 0 Å². The molecule has 0 unspecified atom stereocenters. The predicted molar refractivity (Wildman–Crippen MR) is 69.5 cm³/mol. The number of carboxylic acids is 2. The molecule has 0 saturated heterocycles. The van der Waals surface area contributed by atoms with Gasteiger partial charge < -0.3 is 24.5 Å². The van der Waals surface area contributed by atoms with Crippen molar-refractivity contribution in [1.82, 2.24) is 0 Å². The minimum Gasteiger partial charge on any atom is -0.545 e. The van der Waals surface area contributed by atoms with Crippen LogP contribution in [0.1, 0.15) is 18.1 Å². The molecule has 0 heterocycles. The molecule has 0 aliphatic rings. The van der Waals surface area contributed by atoms with Gasteiger partial charge in [-0.05, 0) is 42.7 Å². The van der Waals surface area contributed by atoms with Crippen molar-refractivity contribution in [3.8, 4) is 5.75 Å². The lowest BCUT2D eigenvalue weighted by Gasteiger charge is -2.12. The Balaban J connectivity index is 3.26. The molecular formula is C15H14O5-2. The fourth-order valence-corrected chi connectivity index (χ4v) is 1.72. The fraction of sp³-hybridized carbons (Fsp3) is 0.200. The van der Waals surface area contributed by atoms with Gasteiger partial charge in [0.25, 0.3) is 0 Å². The monoisotopic (exact) mass is 274 g/mol. The second kappa shape index (κ2) is 6.56. The first-order valence-electron chi connectivity index (χ1n) is 5.80. The summed E-state index contributed by atoms with van der Waals surface area (Å²) in [6.07, 6.45) is 1.53. The van der Waals surface area contributed by atoms with E-state index in [9.17, 15) is 19.8 Å². The Morgan fingerprint density at radius 2 is 1.90 bits per heavy atom. The number of carboxylic acid groups (broad SMARTS) is 2. The Bertz CT molecular complexity index is 568. The zero-order valence-electron chi connectivity index (χ0n) is 11.3. The minimum absolute atomic E-state index is 0.408. The Kier molecular flexibility index (Phi) is 5.08. The summed E-state index contributed by atoms with van der Waals surface area (Å²) in [6, 6.07) is 4.82. The van der Waals surface area contributed by atoms with E-state index in [2.05, 4.69) is 6.58 Å². The predicted octanol–water partition coefficient (Wildman–Crippen LogP) is -0.303. The van der Waals surface area contributed by atoms with Crippen molar-refractivity contribution >= 4 is 18.0 Å². The zero-order chi connectivity index (χ0) is 15.3. The van der Waals surface area contributed by atoms with E-state index >= 15 is 0 Å². The number of carbonyl (C=O) groups excluding carboxylic acids is 2. The highest BCUT2D eigenvalue weighted by atomic mass is 16.5. The Hall–Kier alpha value is -2.56. The van der Waals surface area contributed by atoms with Gasteiger partial charge in [0.2, 0.25) is 0 Å². The lowest BCUT2D eigenvalue weighted by atomic mass is 10.0. The first kappa shape index (κ1) is 15.5. The van der Waals surface area contributed by atoms with Gasteiger partial charge in [0.1, 0.15) is 5.75 Å². The van der Waals surface area contributed by atoms with E-state index in [0.29, 0.717) is 17.7 Å². The van der Waals surface area contributed by atoms with Gasteiger partial charge in [-0.2, -0.15) is 0 Å². The van der Waals surface area contributed by atoms with Crippen LogP contribution in [0.3, 0.4) is 0 Å². The summed E-state index contributed by atoms with van der Waals surface area (Å²) in [4.78, 5) is 21.4. The van der Waals surface area contributed by atoms with E-state index in [1.54, 1.807) is 18.2 Å². The first-order valence-corrected chi connectivity index (χ1v) is 5.80. The highest BCUT2D eigenvalue weighted by Crippen LogP contribution is 2.23. The number of aliphatic carboxylic acids is 2. The van der Waals surface area contributed by atoms with Crippen LogP contribution in [0.25, 0.3) is 6.08 Å². The van der Waals surface area contributed by atoms with E-state index in [4.69, 9.17) is 4.74 Å². The largest absolute Gasteiger partial charge is 0.545 e. The van der Waals surface area contributed by atoms with Crippen molar-refractivity contribution in [3.63, 3.8) is 0 Å². The average Bonchev–Trinajstić information content (AvgIpc) is 2.34. The summed E-state index contributed by atoms with van der Waals surface area (Å²) < 4.78 is 5.18. The molecule has 0 bridgehead atoms. The van der Waals surface area contributed by atoms with Gasteiger partial charge in [-0.25, -0.2) is 0 Å². The number of rotatable bonds is 6. The summed E-state index contributed by atoms with van der Waals surface area (Å²) in [6.45, 7) is 5.64. The third kappa shape index (κ3) is 3.98. The number of methoxy groups -OCH3 is 1. The molecule has 0 N–H and O–H groups in total. The van der Waals surface area contributed by atoms with Gasteiger partial charge in [0.15, 0.2) is 0 Å². The van der Waals surface area contributed by atoms with Crippen LogP contribution in [-0.2, 0) is 16.0 Å². The highest BCUT2D eigenvalue weighted by molar-refractivity contribution is 6.14. The molecule has 106 valence electrons. The van der Waals surface area contributed by atoms with Crippen LogP contribution in [0, 0.1) is 0 Å². The van der Waals surface area contributed by atoms with Crippen molar-refractivity contribution in [2.24, 2.45) is 0 Å². The van der Waals surface area contributed by atoms with Crippen molar-refractivity contribution in [2.75, 3.05) is 7.11 Å². The van der Waals surface area contributed by atoms with Gasteiger partial charge in [0.05, 0.1) is 19.0 Å². The molecule has 0 aliphatic heterocycles. The molecule has 0 aromatic heterocycles. The summed E-state index contributed by atoms with van der Waals surface area (Å²) >= 11 is 0. The molecule has 20 heavy (non-hydrogen) atoms. The molecule has 1 aromatic carbocycles. The van der Waals surface area contributed by atoms with Crippen molar-refractivity contribution < 1.29 is 24.5 Å². The third-order valence-corrected chi connectivity index (χ3v) is 2.55. The van der Waals surface area contributed by atoms with Gasteiger partial charge in [-0.15, -0.1) is 0 Å². The van der Waals surface area contributed by atoms with Crippen molar-refractivity contribution in [3.05, 3.63) is 47.1 Å². The standard InChI is InChI=1S/C15H16O5/c1-9(2)6-11-7-10(4-5-13(11)20-3)8-12(14(16)17)15(18)19/h4-5,7-8H,1,6H2,2-3H3,(H,16,17)(H,18,19)/p-2. The first-order chi connectivity index (χ1) is 9.35. The van der Waals surface area contributed by atoms with Crippen LogP contribution in [0.15, 0.2) is 35.9 Å². The number of benzene rings is 1. The van der Waals surface area contributed by atoms with E-state index in [-0.39, 0.29) is 0 Å².